The minimum atomic E-state index is -3.46. The molecule has 1 amide bonds. The van der Waals surface area contributed by atoms with Gasteiger partial charge in [-0.15, -0.1) is 35.3 Å². The molecular formula is C17H30IN5O3S2. The number of carbonyl (C=O) groups excluding carboxylic acids is 1. The summed E-state index contributed by atoms with van der Waals surface area (Å²) in [6.07, 6.45) is 2.35. The van der Waals surface area contributed by atoms with E-state index >= 15 is 0 Å². The molecule has 1 atom stereocenters. The van der Waals surface area contributed by atoms with Crippen LogP contribution in [0.4, 0.5) is 0 Å². The fourth-order valence-corrected chi connectivity index (χ4v) is 5.48. The third-order valence-corrected chi connectivity index (χ3v) is 7.71. The molecule has 0 radical (unpaired) electrons. The SMILES string of the molecule is CCNC(=NCCN(C)S(=O)(=O)c1cccs1)N1CCCC(CC(N)=O)C1.I. The van der Waals surface area contributed by atoms with Crippen LogP contribution in [0.5, 0.6) is 0 Å². The Hall–Kier alpha value is -0.920. The Bertz CT molecular complexity index is 740. The molecule has 0 aliphatic carbocycles. The van der Waals surface area contributed by atoms with Crippen LogP contribution in [0.3, 0.4) is 0 Å². The summed E-state index contributed by atoms with van der Waals surface area (Å²) in [5, 5.41) is 5.01. The number of nitrogens with zero attached hydrogens (tertiary/aromatic N) is 3. The molecule has 8 nitrogen and oxygen atoms in total. The lowest BCUT2D eigenvalue weighted by Crippen LogP contribution is -2.47. The highest BCUT2D eigenvalue weighted by Crippen LogP contribution is 2.20. The monoisotopic (exact) mass is 543 g/mol. The van der Waals surface area contributed by atoms with Crippen LogP contribution in [0.15, 0.2) is 26.7 Å². The number of thiophene rings is 1. The van der Waals surface area contributed by atoms with Crippen molar-refractivity contribution in [3.63, 3.8) is 0 Å². The fraction of sp³-hybridized carbons (Fsp3) is 0.647. The molecule has 2 rings (SSSR count). The van der Waals surface area contributed by atoms with Gasteiger partial charge in [-0.2, -0.15) is 4.31 Å². The zero-order valence-electron chi connectivity index (χ0n) is 16.3. The minimum absolute atomic E-state index is 0. The Morgan fingerprint density at radius 1 is 1.50 bits per heavy atom. The van der Waals surface area contributed by atoms with Gasteiger partial charge in [0.05, 0.1) is 6.54 Å². The van der Waals surface area contributed by atoms with E-state index in [4.69, 9.17) is 5.73 Å². The largest absolute Gasteiger partial charge is 0.370 e. The molecule has 1 aromatic rings. The van der Waals surface area contributed by atoms with Crippen molar-refractivity contribution in [1.29, 1.82) is 0 Å². The van der Waals surface area contributed by atoms with Crippen molar-refractivity contribution in [2.45, 2.75) is 30.4 Å². The van der Waals surface area contributed by atoms with Gasteiger partial charge in [0.2, 0.25) is 5.91 Å². The van der Waals surface area contributed by atoms with Gasteiger partial charge in [0.15, 0.2) is 5.96 Å². The van der Waals surface area contributed by atoms with Crippen LogP contribution in [-0.4, -0.2) is 69.3 Å². The number of amides is 1. The van der Waals surface area contributed by atoms with E-state index in [2.05, 4.69) is 15.2 Å². The highest BCUT2D eigenvalue weighted by atomic mass is 127. The smallest absolute Gasteiger partial charge is 0.252 e. The number of hydrogen-bond acceptors (Lipinski definition) is 5. The van der Waals surface area contributed by atoms with Crippen LogP contribution in [0, 0.1) is 5.92 Å². The van der Waals surface area contributed by atoms with E-state index in [1.165, 1.54) is 15.6 Å². The predicted molar refractivity (Wildman–Crippen MR) is 124 cm³/mol. The normalized spacial score (nSPS) is 18.0. The molecule has 0 aromatic carbocycles. The second kappa shape index (κ2) is 11.9. The molecule has 1 fully saturated rings. The van der Waals surface area contributed by atoms with Crippen LogP contribution in [0.1, 0.15) is 26.2 Å². The van der Waals surface area contributed by atoms with Crippen molar-refractivity contribution in [3.8, 4) is 0 Å². The number of likely N-dealkylation sites (tertiary alicyclic amines) is 1. The average molecular weight is 543 g/mol. The van der Waals surface area contributed by atoms with Gasteiger partial charge in [0.1, 0.15) is 4.21 Å². The summed E-state index contributed by atoms with van der Waals surface area (Å²) in [5.74, 6) is 0.722. The van der Waals surface area contributed by atoms with E-state index in [0.29, 0.717) is 23.7 Å². The summed E-state index contributed by atoms with van der Waals surface area (Å²) in [6, 6.07) is 3.34. The second-order valence-electron chi connectivity index (χ2n) is 6.62. The Morgan fingerprint density at radius 2 is 2.25 bits per heavy atom. The average Bonchev–Trinajstić information content (AvgIpc) is 3.16. The van der Waals surface area contributed by atoms with Gasteiger partial charge in [0.25, 0.3) is 10.0 Å². The Morgan fingerprint density at radius 3 is 2.86 bits per heavy atom. The van der Waals surface area contributed by atoms with Crippen molar-refractivity contribution in [1.82, 2.24) is 14.5 Å². The van der Waals surface area contributed by atoms with Crippen molar-refractivity contribution in [2.24, 2.45) is 16.6 Å². The van der Waals surface area contributed by atoms with E-state index in [0.717, 1.165) is 38.4 Å². The number of halogens is 1. The Kier molecular flexibility index (Phi) is 10.7. The number of likely N-dealkylation sites (N-methyl/N-ethyl adjacent to an activating group) is 1. The lowest BCUT2D eigenvalue weighted by molar-refractivity contribution is -0.119. The molecule has 0 spiro atoms. The molecule has 28 heavy (non-hydrogen) atoms. The maximum absolute atomic E-state index is 12.5. The lowest BCUT2D eigenvalue weighted by Gasteiger charge is -2.34. The molecule has 2 heterocycles. The van der Waals surface area contributed by atoms with Crippen molar-refractivity contribution >= 4 is 57.2 Å². The maximum atomic E-state index is 12.5. The van der Waals surface area contributed by atoms with Crippen LogP contribution < -0.4 is 11.1 Å². The molecule has 11 heteroatoms. The van der Waals surface area contributed by atoms with Gasteiger partial charge in [-0.25, -0.2) is 8.42 Å². The first-order valence-electron chi connectivity index (χ1n) is 9.16. The molecule has 1 saturated heterocycles. The first kappa shape index (κ1) is 25.1. The summed E-state index contributed by atoms with van der Waals surface area (Å²) in [7, 11) is -1.89. The number of piperidine rings is 1. The Labute approximate surface area is 188 Å². The van der Waals surface area contributed by atoms with Crippen molar-refractivity contribution in [2.75, 3.05) is 39.8 Å². The number of aliphatic imine (C=N–C) groups is 1. The molecule has 1 unspecified atom stereocenters. The number of hydrogen-bond donors (Lipinski definition) is 2. The van der Waals surface area contributed by atoms with Gasteiger partial charge in [0, 0.05) is 39.6 Å². The highest BCUT2D eigenvalue weighted by Gasteiger charge is 2.24. The fourth-order valence-electron chi connectivity index (χ4n) is 3.12. The minimum Gasteiger partial charge on any atom is -0.370 e. The number of rotatable bonds is 8. The van der Waals surface area contributed by atoms with Crippen LogP contribution in [0.25, 0.3) is 0 Å². The van der Waals surface area contributed by atoms with E-state index in [1.54, 1.807) is 24.6 Å². The van der Waals surface area contributed by atoms with E-state index in [1.807, 2.05) is 6.92 Å². The van der Waals surface area contributed by atoms with Gasteiger partial charge in [-0.3, -0.25) is 9.79 Å². The van der Waals surface area contributed by atoms with E-state index < -0.39 is 10.0 Å². The van der Waals surface area contributed by atoms with Crippen molar-refractivity contribution < 1.29 is 13.2 Å². The molecule has 0 bridgehead atoms. The number of carbonyl (C=O) groups is 1. The first-order chi connectivity index (χ1) is 12.8. The number of guanidine groups is 1. The number of nitrogens with two attached hydrogens (primary N) is 1. The molecule has 1 aliphatic heterocycles. The zero-order chi connectivity index (χ0) is 19.9. The third-order valence-electron chi connectivity index (χ3n) is 4.48. The summed E-state index contributed by atoms with van der Waals surface area (Å²) >= 11 is 1.21. The number of nitrogens with one attached hydrogen (secondary N) is 1. The predicted octanol–water partition coefficient (Wildman–Crippen LogP) is 1.54. The summed E-state index contributed by atoms with van der Waals surface area (Å²) in [6.45, 7) is 4.98. The van der Waals surface area contributed by atoms with E-state index in [9.17, 15) is 13.2 Å². The Balaban J connectivity index is 0.00000392. The molecular weight excluding hydrogens is 513 g/mol. The standard InChI is InChI=1S/C17H29N5O3S2.HI/c1-3-19-17(22-9-4-6-14(13-22)12-15(18)23)20-8-10-21(2)27(24,25)16-7-5-11-26-16;/h5,7,11,14H,3-4,6,8-10,12-13H2,1-2H3,(H2,18,23)(H,19,20);1H. The molecule has 160 valence electrons. The summed E-state index contributed by atoms with van der Waals surface area (Å²) < 4.78 is 26.6. The van der Waals surface area contributed by atoms with E-state index in [-0.39, 0.29) is 35.8 Å². The lowest BCUT2D eigenvalue weighted by atomic mass is 9.95. The topological polar surface area (TPSA) is 108 Å². The quantitative estimate of drug-likeness (QED) is 0.294. The number of sulfonamides is 1. The molecule has 1 aliphatic rings. The third kappa shape index (κ3) is 7.16. The second-order valence-corrected chi connectivity index (χ2v) is 9.84. The molecule has 0 saturated carbocycles. The zero-order valence-corrected chi connectivity index (χ0v) is 20.3. The van der Waals surface area contributed by atoms with Gasteiger partial charge >= 0.3 is 0 Å². The van der Waals surface area contributed by atoms with Crippen LogP contribution in [-0.2, 0) is 14.8 Å². The van der Waals surface area contributed by atoms with Gasteiger partial charge in [-0.1, -0.05) is 6.07 Å². The van der Waals surface area contributed by atoms with Crippen LogP contribution in [0.2, 0.25) is 0 Å². The molecule has 3 N–H and O–H groups in total. The maximum Gasteiger partial charge on any atom is 0.252 e. The summed E-state index contributed by atoms with van der Waals surface area (Å²) in [4.78, 5) is 17.9. The number of primary amides is 1. The summed E-state index contributed by atoms with van der Waals surface area (Å²) in [5.41, 5.74) is 5.33. The highest BCUT2D eigenvalue weighted by molar-refractivity contribution is 14.0. The van der Waals surface area contributed by atoms with Gasteiger partial charge in [-0.05, 0) is 37.1 Å². The first-order valence-corrected chi connectivity index (χ1v) is 11.5. The van der Waals surface area contributed by atoms with Crippen LogP contribution >= 0.6 is 35.3 Å². The van der Waals surface area contributed by atoms with Crippen molar-refractivity contribution in [3.05, 3.63) is 17.5 Å². The molecule has 1 aromatic heterocycles. The van der Waals surface area contributed by atoms with Gasteiger partial charge < -0.3 is 16.0 Å².